The first kappa shape index (κ1) is 38.0. The topological polar surface area (TPSA) is 51.8 Å². The maximum atomic E-state index is 6.31. The van der Waals surface area contributed by atoms with Crippen molar-refractivity contribution in [3.63, 3.8) is 0 Å². The van der Waals surface area contributed by atoms with E-state index in [0.717, 1.165) is 94.3 Å². The van der Waals surface area contributed by atoms with E-state index in [1.54, 1.807) is 0 Å². The lowest BCUT2D eigenvalue weighted by Crippen LogP contribution is -2.00. The summed E-state index contributed by atoms with van der Waals surface area (Å²) in [5.74, 6) is 1.86. The molecule has 65 heavy (non-hydrogen) atoms. The van der Waals surface area contributed by atoms with Crippen molar-refractivity contribution >= 4 is 32.7 Å². The Bertz CT molecular complexity index is 3710. The number of nitrogens with zero attached hydrogens (tertiary/aromatic N) is 3. The minimum absolute atomic E-state index is 0.614. The predicted molar refractivity (Wildman–Crippen MR) is 268 cm³/mol. The van der Waals surface area contributed by atoms with Crippen molar-refractivity contribution in [2.24, 2.45) is 0 Å². The van der Waals surface area contributed by atoms with Crippen molar-refractivity contribution in [2.45, 2.75) is 0 Å². The van der Waals surface area contributed by atoms with Crippen molar-refractivity contribution in [1.82, 2.24) is 15.0 Å². The molecule has 2 aromatic heterocycles. The highest BCUT2D eigenvalue weighted by molar-refractivity contribution is 6.11. The summed E-state index contributed by atoms with van der Waals surface area (Å²) >= 11 is 0. The third-order valence-electron chi connectivity index (χ3n) is 12.3. The smallest absolute Gasteiger partial charge is 0.164 e. The van der Waals surface area contributed by atoms with Gasteiger partial charge in [0.15, 0.2) is 17.5 Å². The lowest BCUT2D eigenvalue weighted by Gasteiger charge is -2.12. The second-order valence-electron chi connectivity index (χ2n) is 16.4. The molecule has 2 heterocycles. The van der Waals surface area contributed by atoms with E-state index < -0.39 is 0 Å². The Hall–Kier alpha value is -8.73. The van der Waals surface area contributed by atoms with Crippen LogP contribution in [-0.4, -0.2) is 15.0 Å². The molecular formula is C61H39N3O. The van der Waals surface area contributed by atoms with Gasteiger partial charge >= 0.3 is 0 Å². The molecule has 0 N–H and O–H groups in total. The lowest BCUT2D eigenvalue weighted by atomic mass is 9.95. The van der Waals surface area contributed by atoms with E-state index in [0.29, 0.717) is 17.5 Å². The molecule has 0 amide bonds. The Labute approximate surface area is 376 Å². The number of furan rings is 1. The van der Waals surface area contributed by atoms with E-state index in [-0.39, 0.29) is 0 Å². The van der Waals surface area contributed by atoms with Crippen molar-refractivity contribution in [1.29, 1.82) is 0 Å². The van der Waals surface area contributed by atoms with Crippen LogP contribution in [0, 0.1) is 0 Å². The fraction of sp³-hybridized carbons (Fsp3) is 0. The zero-order valence-corrected chi connectivity index (χ0v) is 35.3. The molecule has 0 aliphatic carbocycles. The van der Waals surface area contributed by atoms with Gasteiger partial charge in [0.2, 0.25) is 0 Å². The van der Waals surface area contributed by atoms with Gasteiger partial charge in [-0.15, -0.1) is 0 Å². The highest BCUT2D eigenvalue weighted by atomic mass is 16.3. The largest absolute Gasteiger partial charge is 0.456 e. The molecular weight excluding hydrogens is 791 g/mol. The van der Waals surface area contributed by atoms with Crippen molar-refractivity contribution in [3.8, 4) is 89.8 Å². The third-order valence-corrected chi connectivity index (χ3v) is 12.3. The monoisotopic (exact) mass is 829 g/mol. The summed E-state index contributed by atoms with van der Waals surface area (Å²) in [6.45, 7) is 0. The minimum atomic E-state index is 0.614. The SMILES string of the molecule is c1ccc(-c2ccc(-c3nc(-c4cccc(-c5ccccc5)c4)nc(-c4cccc(-c5cccc(-c6cccc(-c7ccc8oc9cc%10ccccc%10cc9c8c7)c6)c5)c4)n3)cc2)cc1. The summed E-state index contributed by atoms with van der Waals surface area (Å²) in [7, 11) is 0. The molecule has 0 aliphatic rings. The first-order valence-corrected chi connectivity index (χ1v) is 21.9. The van der Waals surface area contributed by atoms with Gasteiger partial charge in [-0.2, -0.15) is 0 Å². The maximum Gasteiger partial charge on any atom is 0.164 e. The van der Waals surface area contributed by atoms with E-state index in [9.17, 15) is 0 Å². The quantitative estimate of drug-likeness (QED) is 0.153. The molecule has 12 rings (SSSR count). The van der Waals surface area contributed by atoms with Crippen molar-refractivity contribution in [2.75, 3.05) is 0 Å². The molecule has 0 fully saturated rings. The number of aromatic nitrogens is 3. The molecule has 4 heteroatoms. The van der Waals surface area contributed by atoms with Gasteiger partial charge in [-0.3, -0.25) is 0 Å². The number of rotatable bonds is 8. The van der Waals surface area contributed by atoms with Gasteiger partial charge in [-0.25, -0.2) is 15.0 Å². The van der Waals surface area contributed by atoms with Crippen LogP contribution in [0.3, 0.4) is 0 Å². The van der Waals surface area contributed by atoms with Crippen LogP contribution in [0.25, 0.3) is 123 Å². The van der Waals surface area contributed by atoms with Crippen molar-refractivity contribution in [3.05, 3.63) is 237 Å². The van der Waals surface area contributed by atoms with Crippen LogP contribution in [0.5, 0.6) is 0 Å². The molecule has 0 unspecified atom stereocenters. The molecule has 304 valence electrons. The van der Waals surface area contributed by atoms with Crippen LogP contribution in [0.2, 0.25) is 0 Å². The van der Waals surface area contributed by atoms with Gasteiger partial charge in [-0.1, -0.05) is 188 Å². The summed E-state index contributed by atoms with van der Waals surface area (Å²) in [4.78, 5) is 15.4. The first-order valence-electron chi connectivity index (χ1n) is 21.9. The molecule has 0 spiro atoms. The Balaban J connectivity index is 0.896. The van der Waals surface area contributed by atoms with Crippen LogP contribution in [0.1, 0.15) is 0 Å². The lowest BCUT2D eigenvalue weighted by molar-refractivity contribution is 0.669. The molecule has 0 atom stereocenters. The van der Waals surface area contributed by atoms with Crippen LogP contribution < -0.4 is 0 Å². The second kappa shape index (κ2) is 16.2. The standard InChI is InChI=1S/C61H39N3O/c1-3-13-40(14-4-1)42-27-29-43(30-28-42)59-62-60(53-25-11-19-44(35-53)41-15-5-2-6-16-41)64-61(63-59)54-26-12-24-49(36-54)47-22-9-20-45(33-47)46-21-10-23-48(34-46)52-31-32-57-55(38-52)56-37-50-17-7-8-18-51(50)39-58(56)65-57/h1-39H. The highest BCUT2D eigenvalue weighted by Crippen LogP contribution is 2.37. The summed E-state index contributed by atoms with van der Waals surface area (Å²) < 4.78 is 6.31. The van der Waals surface area contributed by atoms with Gasteiger partial charge in [0.1, 0.15) is 11.2 Å². The molecule has 4 nitrogen and oxygen atoms in total. The van der Waals surface area contributed by atoms with Crippen molar-refractivity contribution < 1.29 is 4.42 Å². The number of hydrogen-bond acceptors (Lipinski definition) is 4. The zero-order chi connectivity index (χ0) is 43.1. The van der Waals surface area contributed by atoms with Gasteiger partial charge in [0, 0.05) is 27.5 Å². The molecule has 12 aromatic rings. The highest BCUT2D eigenvalue weighted by Gasteiger charge is 2.16. The number of fused-ring (bicyclic) bond motifs is 4. The predicted octanol–water partition coefficient (Wildman–Crippen LogP) is 16.3. The van der Waals surface area contributed by atoms with Crippen LogP contribution in [0.15, 0.2) is 241 Å². The van der Waals surface area contributed by atoms with E-state index >= 15 is 0 Å². The Morgan fingerprint density at radius 3 is 1.09 bits per heavy atom. The molecule has 0 bridgehead atoms. The second-order valence-corrected chi connectivity index (χ2v) is 16.4. The third kappa shape index (κ3) is 7.43. The minimum Gasteiger partial charge on any atom is -0.456 e. The van der Waals surface area contributed by atoms with Gasteiger partial charge in [0.25, 0.3) is 0 Å². The van der Waals surface area contributed by atoms with Gasteiger partial charge in [0.05, 0.1) is 0 Å². The average molecular weight is 830 g/mol. The Morgan fingerprint density at radius 2 is 0.554 bits per heavy atom. The fourth-order valence-electron chi connectivity index (χ4n) is 8.91. The van der Waals surface area contributed by atoms with Crippen LogP contribution in [-0.2, 0) is 0 Å². The normalized spacial score (nSPS) is 11.4. The Morgan fingerprint density at radius 1 is 0.215 bits per heavy atom. The molecule has 0 radical (unpaired) electrons. The van der Waals surface area contributed by atoms with Gasteiger partial charge in [-0.05, 0) is 115 Å². The van der Waals surface area contributed by atoms with E-state index in [1.807, 2.05) is 12.1 Å². The Kier molecular flexibility index (Phi) is 9.46. The van der Waals surface area contributed by atoms with E-state index in [4.69, 9.17) is 19.4 Å². The van der Waals surface area contributed by atoms with Gasteiger partial charge < -0.3 is 4.42 Å². The average Bonchev–Trinajstić information content (AvgIpc) is 3.75. The molecule has 0 aliphatic heterocycles. The van der Waals surface area contributed by atoms with E-state index in [1.165, 1.54) is 10.8 Å². The summed E-state index contributed by atoms with van der Waals surface area (Å²) in [5.41, 5.74) is 15.9. The summed E-state index contributed by atoms with van der Waals surface area (Å²) in [6.07, 6.45) is 0. The van der Waals surface area contributed by atoms with E-state index in [2.05, 4.69) is 224 Å². The molecule has 0 saturated carbocycles. The molecule has 0 saturated heterocycles. The molecule has 10 aromatic carbocycles. The number of benzene rings is 10. The first-order chi connectivity index (χ1) is 32.1. The maximum absolute atomic E-state index is 6.31. The number of hydrogen-bond donors (Lipinski definition) is 0. The zero-order valence-electron chi connectivity index (χ0n) is 35.3. The van der Waals surface area contributed by atoms with Crippen LogP contribution in [0.4, 0.5) is 0 Å². The summed E-state index contributed by atoms with van der Waals surface area (Å²) in [6, 6.07) is 83.1. The van der Waals surface area contributed by atoms with Crippen LogP contribution >= 0.6 is 0 Å². The summed E-state index contributed by atoms with van der Waals surface area (Å²) in [5, 5.41) is 4.63. The fourth-order valence-corrected chi connectivity index (χ4v) is 8.91.